The van der Waals surface area contributed by atoms with Crippen molar-refractivity contribution in [2.24, 2.45) is 11.8 Å². The first-order chi connectivity index (χ1) is 17.4. The molecule has 0 saturated carbocycles. The minimum absolute atomic E-state index is 0.110. The summed E-state index contributed by atoms with van der Waals surface area (Å²) in [5, 5.41) is 10.5. The van der Waals surface area contributed by atoms with Gasteiger partial charge in [-0.1, -0.05) is 68.3 Å². The highest BCUT2D eigenvalue weighted by Gasteiger charge is 2.75. The number of fused-ring (bicyclic) bond motifs is 2. The van der Waals surface area contributed by atoms with E-state index in [1.54, 1.807) is 24.0 Å². The Bertz CT molecular complexity index is 1090. The molecule has 1 aromatic rings. The number of cyclic esters (lactones) is 1. The lowest BCUT2D eigenvalue weighted by Crippen LogP contribution is -2.57. The molecule has 8 heteroatoms. The zero-order valence-corrected chi connectivity index (χ0v) is 20.8. The fourth-order valence-corrected chi connectivity index (χ4v) is 6.46. The van der Waals surface area contributed by atoms with Crippen molar-refractivity contribution in [2.75, 3.05) is 26.3 Å². The van der Waals surface area contributed by atoms with Crippen LogP contribution in [0.25, 0.3) is 0 Å². The Morgan fingerprint density at radius 3 is 2.56 bits per heavy atom. The van der Waals surface area contributed by atoms with Crippen molar-refractivity contribution < 1.29 is 29.0 Å². The van der Waals surface area contributed by atoms with Crippen molar-refractivity contribution in [1.29, 1.82) is 0 Å². The van der Waals surface area contributed by atoms with Gasteiger partial charge >= 0.3 is 5.97 Å². The van der Waals surface area contributed by atoms with E-state index in [0.717, 1.165) is 19.3 Å². The average Bonchev–Trinajstić information content (AvgIpc) is 3.13. The minimum Gasteiger partial charge on any atom is -0.461 e. The highest BCUT2D eigenvalue weighted by atomic mass is 16.6. The van der Waals surface area contributed by atoms with Gasteiger partial charge in [-0.3, -0.25) is 14.4 Å². The Hall–Kier alpha value is -2.97. The van der Waals surface area contributed by atoms with E-state index in [0.29, 0.717) is 18.7 Å². The molecule has 2 saturated heterocycles. The molecule has 1 unspecified atom stereocenters. The topological polar surface area (TPSA) is 96.4 Å². The third-order valence-electron chi connectivity index (χ3n) is 8.06. The summed E-state index contributed by atoms with van der Waals surface area (Å²) >= 11 is 0. The molecule has 1 spiro atoms. The molecule has 4 aliphatic heterocycles. The van der Waals surface area contributed by atoms with Crippen molar-refractivity contribution in [3.8, 4) is 0 Å². The lowest BCUT2D eigenvalue weighted by atomic mass is 9.75. The number of hydrogen-bond donors (Lipinski definition) is 1. The van der Waals surface area contributed by atoms with Gasteiger partial charge in [0.2, 0.25) is 11.8 Å². The number of likely N-dealkylation sites (tertiary alicyclic amines) is 1. The molecule has 5 rings (SSSR count). The van der Waals surface area contributed by atoms with Crippen molar-refractivity contribution in [2.45, 2.75) is 56.4 Å². The highest BCUT2D eigenvalue weighted by molar-refractivity contribution is 5.99. The summed E-state index contributed by atoms with van der Waals surface area (Å²) in [6.07, 6.45) is 10.1. The molecule has 8 nitrogen and oxygen atoms in total. The first kappa shape index (κ1) is 24.7. The van der Waals surface area contributed by atoms with Crippen LogP contribution in [0.3, 0.4) is 0 Å². The van der Waals surface area contributed by atoms with Crippen LogP contribution < -0.4 is 0 Å². The van der Waals surface area contributed by atoms with E-state index in [2.05, 4.69) is 6.92 Å². The van der Waals surface area contributed by atoms with Gasteiger partial charge in [0.05, 0.1) is 24.2 Å². The summed E-state index contributed by atoms with van der Waals surface area (Å²) in [6.45, 7) is 4.60. The van der Waals surface area contributed by atoms with Crippen molar-refractivity contribution in [3.05, 3.63) is 60.2 Å². The second-order valence-corrected chi connectivity index (χ2v) is 10.3. The van der Waals surface area contributed by atoms with Crippen LogP contribution in [-0.2, 0) is 23.9 Å². The number of unbranched alkanes of at least 4 members (excludes halogenated alkanes) is 2. The molecular weight excluding hydrogens is 460 g/mol. The predicted molar refractivity (Wildman–Crippen MR) is 131 cm³/mol. The maximum atomic E-state index is 14.3. The SMILES string of the molecule is CCCCCN1CC=C[C@]23O[C@]4(C)C=CCOC(=O)[C@@H]4[C@H]2C(=O)N([C@H](CO)c2ccccc2)C3C1=O. The third-order valence-corrected chi connectivity index (χ3v) is 8.06. The van der Waals surface area contributed by atoms with E-state index in [4.69, 9.17) is 9.47 Å². The van der Waals surface area contributed by atoms with Crippen LogP contribution in [0.5, 0.6) is 0 Å². The monoisotopic (exact) mass is 494 g/mol. The van der Waals surface area contributed by atoms with Crippen LogP contribution in [0, 0.1) is 11.8 Å². The number of amides is 2. The number of benzene rings is 1. The molecule has 2 amide bonds. The van der Waals surface area contributed by atoms with Gasteiger partial charge in [0.1, 0.15) is 24.2 Å². The fraction of sp³-hybridized carbons (Fsp3) is 0.536. The summed E-state index contributed by atoms with van der Waals surface area (Å²) in [5.41, 5.74) is -1.73. The summed E-state index contributed by atoms with van der Waals surface area (Å²) in [7, 11) is 0. The molecular formula is C28H34N2O6. The smallest absolute Gasteiger partial charge is 0.313 e. The van der Waals surface area contributed by atoms with Gasteiger partial charge in [-0.05, 0) is 25.0 Å². The van der Waals surface area contributed by atoms with Crippen LogP contribution in [0.15, 0.2) is 54.6 Å². The normalized spacial score (nSPS) is 34.1. The quantitative estimate of drug-likeness (QED) is 0.355. The van der Waals surface area contributed by atoms with Gasteiger partial charge in [0, 0.05) is 13.1 Å². The van der Waals surface area contributed by atoms with Crippen LogP contribution in [0.2, 0.25) is 0 Å². The highest BCUT2D eigenvalue weighted by Crippen LogP contribution is 2.58. The van der Waals surface area contributed by atoms with E-state index < -0.39 is 41.1 Å². The molecule has 1 N–H and O–H groups in total. The van der Waals surface area contributed by atoms with Crippen LogP contribution in [-0.4, -0.2) is 76.2 Å². The lowest BCUT2D eigenvalue weighted by molar-refractivity contribution is -0.160. The number of aliphatic hydroxyl groups excluding tert-OH is 1. The summed E-state index contributed by atoms with van der Waals surface area (Å²) in [6, 6.07) is 7.42. The third kappa shape index (κ3) is 3.69. The van der Waals surface area contributed by atoms with Gasteiger partial charge in [-0.15, -0.1) is 0 Å². The second kappa shape index (κ2) is 9.48. The molecule has 0 radical (unpaired) electrons. The van der Waals surface area contributed by atoms with E-state index >= 15 is 0 Å². The number of aliphatic hydroxyl groups is 1. The zero-order valence-electron chi connectivity index (χ0n) is 20.8. The minimum atomic E-state index is -1.35. The molecule has 4 heterocycles. The van der Waals surface area contributed by atoms with Gasteiger partial charge in [0.15, 0.2) is 0 Å². The largest absolute Gasteiger partial charge is 0.461 e. The van der Waals surface area contributed by atoms with Gasteiger partial charge in [-0.25, -0.2) is 0 Å². The lowest BCUT2D eigenvalue weighted by Gasteiger charge is -2.40. The average molecular weight is 495 g/mol. The Morgan fingerprint density at radius 2 is 1.83 bits per heavy atom. The molecule has 0 aromatic heterocycles. The molecule has 36 heavy (non-hydrogen) atoms. The Balaban J connectivity index is 1.65. The zero-order chi connectivity index (χ0) is 25.5. The van der Waals surface area contributed by atoms with Crippen LogP contribution in [0.1, 0.15) is 44.7 Å². The van der Waals surface area contributed by atoms with E-state index in [1.807, 2.05) is 42.5 Å². The predicted octanol–water partition coefficient (Wildman–Crippen LogP) is 2.39. The summed E-state index contributed by atoms with van der Waals surface area (Å²) < 4.78 is 12.1. The number of carbonyl (C=O) groups is 3. The molecule has 6 atom stereocenters. The first-order valence-corrected chi connectivity index (χ1v) is 12.9. The standard InChI is InChI=1S/C28H34N2O6/c1-3-4-8-15-29-16-9-14-28-21(22-26(34)35-17-10-13-27(22,2)36-28)24(32)30(23(28)25(29)33)20(18-31)19-11-6-5-7-12-19/h5-7,9-14,20-23,31H,3-4,8,15-18H2,1-2H3/t20-,21+,22+,23?,27-,28+/m1/s1. The maximum Gasteiger partial charge on any atom is 0.313 e. The number of hydrogen-bond acceptors (Lipinski definition) is 6. The molecule has 0 bridgehead atoms. The van der Waals surface area contributed by atoms with Crippen molar-refractivity contribution in [3.63, 3.8) is 0 Å². The number of ether oxygens (including phenoxy) is 2. The number of esters is 1. The van der Waals surface area contributed by atoms with Crippen LogP contribution >= 0.6 is 0 Å². The van der Waals surface area contributed by atoms with Gasteiger partial charge in [-0.2, -0.15) is 0 Å². The van der Waals surface area contributed by atoms with E-state index in [1.165, 1.54) is 4.90 Å². The molecule has 192 valence electrons. The number of nitrogens with zero attached hydrogens (tertiary/aromatic N) is 2. The Labute approximate surface area is 211 Å². The summed E-state index contributed by atoms with van der Waals surface area (Å²) in [4.78, 5) is 45.0. The van der Waals surface area contributed by atoms with Crippen molar-refractivity contribution in [1.82, 2.24) is 9.80 Å². The number of carbonyl (C=O) groups excluding carboxylic acids is 3. The maximum absolute atomic E-state index is 14.3. The van der Waals surface area contributed by atoms with Crippen LogP contribution in [0.4, 0.5) is 0 Å². The summed E-state index contributed by atoms with van der Waals surface area (Å²) in [5.74, 6) is -2.97. The second-order valence-electron chi connectivity index (χ2n) is 10.3. The molecule has 2 fully saturated rings. The number of rotatable bonds is 7. The van der Waals surface area contributed by atoms with E-state index in [-0.39, 0.29) is 25.0 Å². The van der Waals surface area contributed by atoms with Crippen molar-refractivity contribution >= 4 is 17.8 Å². The molecule has 0 aliphatic carbocycles. The van der Waals surface area contributed by atoms with E-state index in [9.17, 15) is 19.5 Å². The molecule has 1 aromatic carbocycles. The fourth-order valence-electron chi connectivity index (χ4n) is 6.46. The Morgan fingerprint density at radius 1 is 1.06 bits per heavy atom. The van der Waals surface area contributed by atoms with Gasteiger partial charge in [0.25, 0.3) is 0 Å². The molecule has 4 aliphatic rings. The Kier molecular flexibility index (Phi) is 6.51. The first-order valence-electron chi connectivity index (χ1n) is 12.9. The van der Waals surface area contributed by atoms with Gasteiger partial charge < -0.3 is 24.4 Å².